The van der Waals surface area contributed by atoms with E-state index >= 15 is 0 Å². The number of nitrogens with zero attached hydrogens (tertiary/aromatic N) is 1. The average Bonchev–Trinajstić information content (AvgIpc) is 2.65. The van der Waals surface area contributed by atoms with Gasteiger partial charge in [-0.15, -0.1) is 5.92 Å². The maximum Gasteiger partial charge on any atom is 0.319 e. The molecule has 0 aliphatic carbocycles. The van der Waals surface area contributed by atoms with Crippen molar-refractivity contribution in [1.82, 2.24) is 0 Å². The highest BCUT2D eigenvalue weighted by molar-refractivity contribution is 6.26. The lowest BCUT2D eigenvalue weighted by atomic mass is 9.74. The Labute approximate surface area is 152 Å². The first-order valence-electron chi connectivity index (χ1n) is 7.96. The van der Waals surface area contributed by atoms with E-state index in [2.05, 4.69) is 17.9 Å². The topological polar surface area (TPSA) is 61.1 Å². The van der Waals surface area contributed by atoms with Crippen LogP contribution in [0.4, 0.5) is 0 Å². The summed E-state index contributed by atoms with van der Waals surface area (Å²) in [4.78, 5) is 10.4. The molecule has 0 radical (unpaired) electrons. The predicted octanol–water partition coefficient (Wildman–Crippen LogP) is 4.54. The van der Waals surface area contributed by atoms with Crippen LogP contribution >= 0.6 is 11.6 Å². The molecule has 2 aromatic carbocycles. The van der Waals surface area contributed by atoms with Crippen LogP contribution in [0.1, 0.15) is 30.4 Å². The van der Waals surface area contributed by atoms with Gasteiger partial charge in [0.15, 0.2) is 4.87 Å². The Bertz CT molecular complexity index is 818. The van der Waals surface area contributed by atoms with Gasteiger partial charge in [-0.2, -0.15) is 5.26 Å². The minimum absolute atomic E-state index is 0.526. The smallest absolute Gasteiger partial charge is 0.319 e. The first kappa shape index (κ1) is 18.6. The minimum atomic E-state index is -1.55. The molecular weight excluding hydrogens is 334 g/mol. The highest BCUT2D eigenvalue weighted by Crippen LogP contribution is 2.46. The largest absolute Gasteiger partial charge is 0.480 e. The molecule has 4 heteroatoms. The van der Waals surface area contributed by atoms with Gasteiger partial charge in [0.2, 0.25) is 0 Å². The van der Waals surface area contributed by atoms with E-state index in [1.807, 2.05) is 19.1 Å². The Morgan fingerprint density at radius 3 is 2.20 bits per heavy atom. The van der Waals surface area contributed by atoms with Gasteiger partial charge in [-0.3, -0.25) is 4.79 Å². The fraction of sp³-hybridized carbons (Fsp3) is 0.238. The number of carboxylic acids is 1. The Balaban J connectivity index is 2.70. The van der Waals surface area contributed by atoms with Crippen molar-refractivity contribution in [2.75, 3.05) is 0 Å². The highest BCUT2D eigenvalue weighted by Gasteiger charge is 2.46. The summed E-state index contributed by atoms with van der Waals surface area (Å²) in [5, 5.41) is 19.7. The molecular formula is C21H18ClNO2. The zero-order valence-corrected chi connectivity index (χ0v) is 14.6. The maximum atomic E-state index is 11.9. The van der Waals surface area contributed by atoms with Crippen LogP contribution in [0.15, 0.2) is 60.7 Å². The van der Waals surface area contributed by atoms with Gasteiger partial charge in [0, 0.05) is 12.3 Å². The van der Waals surface area contributed by atoms with Crippen molar-refractivity contribution in [2.45, 2.75) is 24.1 Å². The molecule has 0 heterocycles. The third kappa shape index (κ3) is 4.02. The molecule has 126 valence electrons. The normalized spacial score (nSPS) is 14.9. The number of carbonyl (C=O) groups is 1. The Kier molecular flexibility index (Phi) is 6.23. The van der Waals surface area contributed by atoms with E-state index < -0.39 is 22.7 Å². The summed E-state index contributed by atoms with van der Waals surface area (Å²) in [5.74, 6) is 2.61. The number of carboxylic acid groups (broad SMARTS) is 1. The van der Waals surface area contributed by atoms with Crippen LogP contribution in [0.3, 0.4) is 0 Å². The number of rotatable bonds is 5. The lowest BCUT2D eigenvalue weighted by Gasteiger charge is -2.32. The molecule has 0 saturated carbocycles. The van der Waals surface area contributed by atoms with Gasteiger partial charge < -0.3 is 5.11 Å². The third-order valence-electron chi connectivity index (χ3n) is 3.98. The molecule has 2 aromatic rings. The summed E-state index contributed by atoms with van der Waals surface area (Å²) >= 11 is 6.78. The Morgan fingerprint density at radius 2 is 1.72 bits per heavy atom. The first-order chi connectivity index (χ1) is 12.0. The van der Waals surface area contributed by atoms with Crippen LogP contribution in [0.2, 0.25) is 0 Å². The van der Waals surface area contributed by atoms with Gasteiger partial charge in [0.1, 0.15) is 5.92 Å². The minimum Gasteiger partial charge on any atom is -0.480 e. The summed E-state index contributed by atoms with van der Waals surface area (Å²) in [6.07, 6.45) is 0.526. The lowest BCUT2D eigenvalue weighted by Crippen LogP contribution is -2.35. The molecule has 0 amide bonds. The second kappa shape index (κ2) is 8.38. The number of aliphatic carboxylic acids is 1. The van der Waals surface area contributed by atoms with E-state index in [0.717, 1.165) is 0 Å². The van der Waals surface area contributed by atoms with E-state index in [9.17, 15) is 15.2 Å². The number of benzene rings is 2. The summed E-state index contributed by atoms with van der Waals surface area (Å²) in [6.45, 7) is 1.85. The van der Waals surface area contributed by atoms with Crippen molar-refractivity contribution < 1.29 is 9.90 Å². The van der Waals surface area contributed by atoms with Crippen molar-refractivity contribution in [3.05, 3.63) is 71.8 Å². The molecule has 0 aliphatic heterocycles. The molecule has 1 N–H and O–H groups in total. The van der Waals surface area contributed by atoms with E-state index in [1.165, 1.54) is 0 Å². The van der Waals surface area contributed by atoms with Crippen LogP contribution in [-0.4, -0.2) is 11.1 Å². The van der Waals surface area contributed by atoms with Crippen LogP contribution in [-0.2, 0) is 9.67 Å². The zero-order valence-electron chi connectivity index (χ0n) is 13.8. The van der Waals surface area contributed by atoms with Crippen molar-refractivity contribution >= 4 is 17.6 Å². The molecule has 3 atom stereocenters. The van der Waals surface area contributed by atoms with E-state index in [4.69, 9.17) is 11.6 Å². The van der Waals surface area contributed by atoms with E-state index in [1.54, 1.807) is 48.5 Å². The van der Waals surface area contributed by atoms with Gasteiger partial charge in [-0.1, -0.05) is 85.1 Å². The number of hydrogen-bond acceptors (Lipinski definition) is 2. The molecule has 3 nitrogen and oxygen atoms in total. The van der Waals surface area contributed by atoms with Gasteiger partial charge >= 0.3 is 5.97 Å². The molecule has 25 heavy (non-hydrogen) atoms. The van der Waals surface area contributed by atoms with Crippen molar-refractivity contribution in [1.29, 1.82) is 5.26 Å². The lowest BCUT2D eigenvalue weighted by molar-refractivity contribution is -0.140. The predicted molar refractivity (Wildman–Crippen MR) is 98.0 cm³/mol. The highest BCUT2D eigenvalue weighted by atomic mass is 35.5. The van der Waals surface area contributed by atoms with E-state index in [-0.39, 0.29) is 0 Å². The summed E-state index contributed by atoms with van der Waals surface area (Å²) < 4.78 is 0. The average molecular weight is 352 g/mol. The van der Waals surface area contributed by atoms with Crippen LogP contribution in [0, 0.1) is 29.1 Å². The molecule has 0 aromatic heterocycles. The van der Waals surface area contributed by atoms with Crippen LogP contribution in [0.5, 0.6) is 0 Å². The SMILES string of the molecule is CCC#CC(C(=O)O)C(c1ccccc1)C(Cl)(C#N)c1ccccc1. The van der Waals surface area contributed by atoms with Crippen molar-refractivity contribution in [3.8, 4) is 17.9 Å². The summed E-state index contributed by atoms with van der Waals surface area (Å²) in [5.41, 5.74) is 1.22. The molecule has 0 spiro atoms. The molecule has 2 rings (SSSR count). The fourth-order valence-corrected chi connectivity index (χ4v) is 3.18. The van der Waals surface area contributed by atoms with Gasteiger partial charge in [0.05, 0.1) is 6.07 Å². The molecule has 3 unspecified atom stereocenters. The number of halogens is 1. The van der Waals surface area contributed by atoms with Crippen LogP contribution < -0.4 is 0 Å². The molecule has 0 fully saturated rings. The molecule has 0 saturated heterocycles. The fourth-order valence-electron chi connectivity index (χ4n) is 2.81. The zero-order chi connectivity index (χ0) is 18.3. The summed E-state index contributed by atoms with van der Waals surface area (Å²) in [6, 6.07) is 20.0. The van der Waals surface area contributed by atoms with Crippen LogP contribution in [0.25, 0.3) is 0 Å². The molecule has 0 aliphatic rings. The monoisotopic (exact) mass is 351 g/mol. The van der Waals surface area contributed by atoms with Gasteiger partial charge in [-0.25, -0.2) is 0 Å². The maximum absolute atomic E-state index is 11.9. The second-order valence-corrected chi connectivity index (χ2v) is 6.16. The number of nitriles is 1. The number of alkyl halides is 1. The number of hydrogen-bond donors (Lipinski definition) is 1. The standard InChI is InChI=1S/C21H18ClNO2/c1-2-3-14-18(20(24)25)19(16-10-6-4-7-11-16)21(22,15-23)17-12-8-5-9-13-17/h4-13,18-19H,2H2,1H3,(H,24,25). The summed E-state index contributed by atoms with van der Waals surface area (Å²) in [7, 11) is 0. The second-order valence-electron chi connectivity index (χ2n) is 5.57. The third-order valence-corrected chi connectivity index (χ3v) is 4.52. The van der Waals surface area contributed by atoms with Crippen molar-refractivity contribution in [2.24, 2.45) is 5.92 Å². The van der Waals surface area contributed by atoms with Gasteiger partial charge in [0.25, 0.3) is 0 Å². The van der Waals surface area contributed by atoms with Crippen molar-refractivity contribution in [3.63, 3.8) is 0 Å². The van der Waals surface area contributed by atoms with E-state index in [0.29, 0.717) is 17.5 Å². The Morgan fingerprint density at radius 1 is 1.16 bits per heavy atom. The first-order valence-corrected chi connectivity index (χ1v) is 8.34. The quantitative estimate of drug-likeness (QED) is 0.635. The Hall–Kier alpha value is -2.75. The molecule has 0 bridgehead atoms. The van der Waals surface area contributed by atoms with Gasteiger partial charge in [-0.05, 0) is 11.1 Å².